The Labute approximate surface area is 165 Å². The molecule has 0 radical (unpaired) electrons. The summed E-state index contributed by atoms with van der Waals surface area (Å²) in [5.41, 5.74) is 2.34. The fourth-order valence-corrected chi connectivity index (χ4v) is 4.48. The van der Waals surface area contributed by atoms with Crippen LogP contribution < -0.4 is 0 Å². The molecule has 4 aromatic rings. The maximum atomic E-state index is 12.9. The number of rotatable bonds is 4. The number of aromatic nitrogens is 4. The number of benzene rings is 1. The van der Waals surface area contributed by atoms with Crippen LogP contribution in [0.2, 0.25) is 5.02 Å². The minimum absolute atomic E-state index is 0.0319. The molecule has 0 atom stereocenters. The molecule has 0 spiro atoms. The molecule has 0 aliphatic heterocycles. The normalized spacial score (nSPS) is 11.4. The molecule has 0 fully saturated rings. The Kier molecular flexibility index (Phi) is 4.57. The highest BCUT2D eigenvalue weighted by Crippen LogP contribution is 2.34. The second kappa shape index (κ2) is 6.90. The third-order valence-electron chi connectivity index (χ3n) is 4.63. The highest BCUT2D eigenvalue weighted by molar-refractivity contribution is 7.20. The van der Waals surface area contributed by atoms with Crippen LogP contribution in [0.4, 0.5) is 0 Å². The lowest BCUT2D eigenvalue weighted by molar-refractivity contribution is 0.0777. The molecule has 0 unspecified atom stereocenters. The quantitative estimate of drug-likeness (QED) is 0.508. The van der Waals surface area contributed by atoms with E-state index in [1.165, 1.54) is 11.3 Å². The van der Waals surface area contributed by atoms with Gasteiger partial charge in [-0.25, -0.2) is 14.5 Å². The van der Waals surface area contributed by atoms with Gasteiger partial charge in [0.25, 0.3) is 5.91 Å². The smallest absolute Gasteiger partial charge is 0.264 e. The zero-order chi connectivity index (χ0) is 19.1. The maximum absolute atomic E-state index is 12.9. The van der Waals surface area contributed by atoms with Crippen LogP contribution >= 0.6 is 22.9 Å². The van der Waals surface area contributed by atoms with Crippen LogP contribution in [0.3, 0.4) is 0 Å². The summed E-state index contributed by atoms with van der Waals surface area (Å²) >= 11 is 7.70. The zero-order valence-electron chi connectivity index (χ0n) is 15.2. The summed E-state index contributed by atoms with van der Waals surface area (Å²) in [5, 5.41) is 5.98. The van der Waals surface area contributed by atoms with Gasteiger partial charge in [0.1, 0.15) is 11.2 Å². The van der Waals surface area contributed by atoms with Gasteiger partial charge in [-0.15, -0.1) is 16.4 Å². The van der Waals surface area contributed by atoms with Crippen molar-refractivity contribution in [3.63, 3.8) is 0 Å². The number of aryl methyl sites for hydroxylation is 1. The van der Waals surface area contributed by atoms with Gasteiger partial charge in [0.15, 0.2) is 11.5 Å². The van der Waals surface area contributed by atoms with Crippen LogP contribution in [0.5, 0.6) is 0 Å². The lowest BCUT2D eigenvalue weighted by atomic mass is 10.2. The molecule has 3 heterocycles. The molecular formula is C19H18ClN5OS. The number of thiophene rings is 1. The Bertz CT molecular complexity index is 1160. The summed E-state index contributed by atoms with van der Waals surface area (Å²) in [6, 6.07) is 7.47. The largest absolute Gasteiger partial charge is 0.338 e. The second-order valence-corrected chi connectivity index (χ2v) is 7.55. The topological polar surface area (TPSA) is 63.4 Å². The van der Waals surface area contributed by atoms with E-state index in [-0.39, 0.29) is 5.91 Å². The van der Waals surface area contributed by atoms with Crippen molar-refractivity contribution in [2.24, 2.45) is 0 Å². The van der Waals surface area contributed by atoms with E-state index in [4.69, 9.17) is 16.6 Å². The number of nitrogens with zero attached hydrogens (tertiary/aromatic N) is 5. The summed E-state index contributed by atoms with van der Waals surface area (Å²) in [5.74, 6) is 0.571. The van der Waals surface area contributed by atoms with Crippen LogP contribution in [0, 0.1) is 6.92 Å². The molecule has 0 saturated heterocycles. The molecule has 138 valence electrons. The van der Waals surface area contributed by atoms with Crippen molar-refractivity contribution < 1.29 is 4.79 Å². The molecule has 0 N–H and O–H groups in total. The zero-order valence-corrected chi connectivity index (χ0v) is 16.8. The Balaban J connectivity index is 1.91. The molecule has 0 saturated carbocycles. The van der Waals surface area contributed by atoms with Gasteiger partial charge in [0.2, 0.25) is 0 Å². The Morgan fingerprint density at radius 2 is 2.00 bits per heavy atom. The van der Waals surface area contributed by atoms with Crippen molar-refractivity contribution >= 4 is 44.7 Å². The number of carbonyl (C=O) groups is 1. The van der Waals surface area contributed by atoms with Gasteiger partial charge in [0, 0.05) is 18.7 Å². The van der Waals surface area contributed by atoms with Crippen molar-refractivity contribution in [2.75, 3.05) is 13.1 Å². The van der Waals surface area contributed by atoms with E-state index in [2.05, 4.69) is 10.1 Å². The molecule has 0 aliphatic rings. The fourth-order valence-electron chi connectivity index (χ4n) is 3.15. The first kappa shape index (κ1) is 17.9. The van der Waals surface area contributed by atoms with Crippen molar-refractivity contribution in [3.8, 4) is 11.4 Å². The van der Waals surface area contributed by atoms with Crippen LogP contribution in [0.25, 0.3) is 27.3 Å². The number of halogens is 1. The van der Waals surface area contributed by atoms with E-state index in [1.807, 2.05) is 49.9 Å². The Morgan fingerprint density at radius 3 is 2.70 bits per heavy atom. The first-order valence-electron chi connectivity index (χ1n) is 8.73. The summed E-state index contributed by atoms with van der Waals surface area (Å²) in [4.78, 5) is 25.3. The number of fused-ring (bicyclic) bond motifs is 3. The number of hydrogen-bond donors (Lipinski definition) is 0. The minimum Gasteiger partial charge on any atom is -0.338 e. The van der Waals surface area contributed by atoms with E-state index in [0.717, 1.165) is 21.3 Å². The van der Waals surface area contributed by atoms with E-state index < -0.39 is 0 Å². The lowest BCUT2D eigenvalue weighted by Gasteiger charge is -2.17. The third kappa shape index (κ3) is 2.87. The van der Waals surface area contributed by atoms with Gasteiger partial charge >= 0.3 is 0 Å². The Morgan fingerprint density at radius 1 is 1.26 bits per heavy atom. The lowest BCUT2D eigenvalue weighted by Crippen LogP contribution is -2.30. The molecule has 27 heavy (non-hydrogen) atoms. The molecule has 1 aromatic carbocycles. The first-order chi connectivity index (χ1) is 13.0. The van der Waals surface area contributed by atoms with Gasteiger partial charge in [-0.05, 0) is 38.5 Å². The van der Waals surface area contributed by atoms with Crippen LogP contribution in [-0.4, -0.2) is 43.5 Å². The Hall–Kier alpha value is -2.51. The van der Waals surface area contributed by atoms with Crippen molar-refractivity contribution in [2.45, 2.75) is 20.8 Å². The van der Waals surface area contributed by atoms with Crippen molar-refractivity contribution in [1.82, 2.24) is 24.5 Å². The van der Waals surface area contributed by atoms with E-state index >= 15 is 0 Å². The van der Waals surface area contributed by atoms with Gasteiger partial charge < -0.3 is 4.90 Å². The number of carbonyl (C=O) groups excluding carboxylic acids is 1. The van der Waals surface area contributed by atoms with Crippen LogP contribution in [-0.2, 0) is 0 Å². The predicted octanol–water partition coefficient (Wildman–Crippen LogP) is 4.45. The van der Waals surface area contributed by atoms with Crippen molar-refractivity contribution in [3.05, 3.63) is 46.1 Å². The van der Waals surface area contributed by atoms with E-state index in [9.17, 15) is 4.79 Å². The predicted molar refractivity (Wildman–Crippen MR) is 109 cm³/mol. The molecule has 3 aromatic heterocycles. The fraction of sp³-hybridized carbons (Fsp3) is 0.263. The molecular weight excluding hydrogens is 382 g/mol. The molecule has 0 aliphatic carbocycles. The molecule has 8 heteroatoms. The minimum atomic E-state index is 0.0319. The first-order valence-corrected chi connectivity index (χ1v) is 9.93. The van der Waals surface area contributed by atoms with Crippen LogP contribution in [0.1, 0.15) is 29.1 Å². The summed E-state index contributed by atoms with van der Waals surface area (Å²) in [6.45, 7) is 7.26. The third-order valence-corrected chi connectivity index (χ3v) is 6.14. The summed E-state index contributed by atoms with van der Waals surface area (Å²) < 4.78 is 1.65. The number of hydrogen-bond acceptors (Lipinski definition) is 5. The average molecular weight is 400 g/mol. The highest BCUT2D eigenvalue weighted by atomic mass is 35.5. The van der Waals surface area contributed by atoms with Gasteiger partial charge in [-0.1, -0.05) is 23.7 Å². The van der Waals surface area contributed by atoms with Gasteiger partial charge in [-0.2, -0.15) is 0 Å². The van der Waals surface area contributed by atoms with E-state index in [1.54, 1.807) is 10.8 Å². The molecule has 1 amide bonds. The standard InChI is InChI=1S/C19H18ClN5OS/c1-4-24(5-2)19(26)15-11(3)14-17-22-16(12-8-6-7-9-13(12)20)23-25(17)10-21-18(14)27-15/h6-10H,4-5H2,1-3H3. The summed E-state index contributed by atoms with van der Waals surface area (Å²) in [7, 11) is 0. The molecule has 0 bridgehead atoms. The second-order valence-electron chi connectivity index (χ2n) is 6.14. The monoisotopic (exact) mass is 399 g/mol. The van der Waals surface area contributed by atoms with Gasteiger partial charge in [-0.3, -0.25) is 4.79 Å². The molecule has 6 nitrogen and oxygen atoms in total. The number of amides is 1. The average Bonchev–Trinajstić information content (AvgIpc) is 3.24. The molecule has 4 rings (SSSR count). The maximum Gasteiger partial charge on any atom is 0.264 e. The highest BCUT2D eigenvalue weighted by Gasteiger charge is 2.23. The van der Waals surface area contributed by atoms with Crippen molar-refractivity contribution in [1.29, 1.82) is 0 Å². The van der Waals surface area contributed by atoms with E-state index in [0.29, 0.717) is 34.5 Å². The SMILES string of the molecule is CCN(CC)C(=O)c1sc2ncn3nc(-c4ccccc4Cl)nc3c2c1C. The summed E-state index contributed by atoms with van der Waals surface area (Å²) in [6.07, 6.45) is 1.63. The van der Waals surface area contributed by atoms with Crippen LogP contribution in [0.15, 0.2) is 30.6 Å². The van der Waals surface area contributed by atoms with Gasteiger partial charge in [0.05, 0.1) is 15.3 Å².